The standard InChI is InChI=1S/C15H14ClF3N2O2/c1-9(21)6-14(22)23-5-4-11(8-20)10-2-3-12(13(16)7-10)15(17,18)19/h2-3,7,11,21H,4-6H2,1H3. The number of ether oxygens (including phenoxy) is 1. The SMILES string of the molecule is CC(=N)CC(=O)OCCC(C#N)c1ccc(C(F)(F)F)c(Cl)c1. The van der Waals surface area contributed by atoms with Gasteiger partial charge in [0.1, 0.15) is 0 Å². The molecule has 0 radical (unpaired) electrons. The van der Waals surface area contributed by atoms with Crippen LogP contribution in [-0.4, -0.2) is 18.3 Å². The van der Waals surface area contributed by atoms with Crippen molar-refractivity contribution in [1.29, 1.82) is 10.7 Å². The Labute approximate surface area is 136 Å². The molecular formula is C15H14ClF3N2O2. The lowest BCUT2D eigenvalue weighted by Crippen LogP contribution is -2.11. The zero-order chi connectivity index (χ0) is 17.6. The van der Waals surface area contributed by atoms with E-state index in [0.717, 1.165) is 12.1 Å². The van der Waals surface area contributed by atoms with Gasteiger partial charge in [0, 0.05) is 12.1 Å². The number of alkyl halides is 3. The van der Waals surface area contributed by atoms with E-state index < -0.39 is 28.6 Å². The zero-order valence-corrected chi connectivity index (χ0v) is 13.0. The fourth-order valence-electron chi connectivity index (χ4n) is 1.84. The lowest BCUT2D eigenvalue weighted by Gasteiger charge is -2.13. The first-order valence-electron chi connectivity index (χ1n) is 6.61. The first-order chi connectivity index (χ1) is 10.6. The maximum Gasteiger partial charge on any atom is 0.417 e. The van der Waals surface area contributed by atoms with Crippen molar-refractivity contribution in [3.8, 4) is 6.07 Å². The third kappa shape index (κ3) is 5.91. The van der Waals surface area contributed by atoms with Crippen LogP contribution in [0.2, 0.25) is 5.02 Å². The van der Waals surface area contributed by atoms with E-state index in [1.807, 2.05) is 6.07 Å². The van der Waals surface area contributed by atoms with E-state index in [1.54, 1.807) is 0 Å². The number of halogens is 4. The van der Waals surface area contributed by atoms with Crippen LogP contribution in [0.1, 0.15) is 36.8 Å². The number of nitriles is 1. The Balaban J connectivity index is 2.72. The summed E-state index contributed by atoms with van der Waals surface area (Å²) >= 11 is 5.62. The molecule has 0 saturated carbocycles. The van der Waals surface area contributed by atoms with Crippen LogP contribution in [0.4, 0.5) is 13.2 Å². The molecule has 1 unspecified atom stereocenters. The number of rotatable bonds is 6. The fourth-order valence-corrected chi connectivity index (χ4v) is 2.14. The van der Waals surface area contributed by atoms with E-state index in [0.29, 0.717) is 5.56 Å². The maximum absolute atomic E-state index is 12.6. The summed E-state index contributed by atoms with van der Waals surface area (Å²) in [4.78, 5) is 11.3. The highest BCUT2D eigenvalue weighted by atomic mass is 35.5. The van der Waals surface area contributed by atoms with Crippen LogP contribution >= 0.6 is 11.6 Å². The molecule has 8 heteroatoms. The molecule has 0 aliphatic carbocycles. The first kappa shape index (κ1) is 19.0. The highest BCUT2D eigenvalue weighted by Gasteiger charge is 2.33. The Morgan fingerprint density at radius 3 is 2.61 bits per heavy atom. The molecule has 1 atom stereocenters. The van der Waals surface area contributed by atoms with Gasteiger partial charge in [0.2, 0.25) is 0 Å². The van der Waals surface area contributed by atoms with Crippen molar-refractivity contribution in [3.63, 3.8) is 0 Å². The van der Waals surface area contributed by atoms with Gasteiger partial charge in [0.05, 0.1) is 35.6 Å². The molecule has 0 aliphatic rings. The third-order valence-corrected chi connectivity index (χ3v) is 3.25. The molecule has 0 amide bonds. The first-order valence-corrected chi connectivity index (χ1v) is 6.99. The summed E-state index contributed by atoms with van der Waals surface area (Å²) in [5, 5.41) is 15.8. The highest BCUT2D eigenvalue weighted by Crippen LogP contribution is 2.36. The van der Waals surface area contributed by atoms with Gasteiger partial charge in [0.15, 0.2) is 0 Å². The Kier molecular flexibility index (Phi) is 6.58. The van der Waals surface area contributed by atoms with Gasteiger partial charge in [-0.1, -0.05) is 17.7 Å². The lowest BCUT2D eigenvalue weighted by molar-refractivity contribution is -0.142. The molecule has 0 saturated heterocycles. The van der Waals surface area contributed by atoms with Crippen LogP contribution in [-0.2, 0) is 15.7 Å². The smallest absolute Gasteiger partial charge is 0.417 e. The lowest BCUT2D eigenvalue weighted by atomic mass is 9.96. The van der Waals surface area contributed by atoms with Crippen molar-refractivity contribution in [3.05, 3.63) is 34.3 Å². The summed E-state index contributed by atoms with van der Waals surface area (Å²) in [6, 6.07) is 5.06. The molecule has 1 aromatic carbocycles. The predicted octanol–water partition coefficient (Wildman–Crippen LogP) is 4.33. The van der Waals surface area contributed by atoms with Crippen LogP contribution in [0, 0.1) is 16.7 Å². The molecular weight excluding hydrogens is 333 g/mol. The molecule has 23 heavy (non-hydrogen) atoms. The predicted molar refractivity (Wildman–Crippen MR) is 78.4 cm³/mol. The van der Waals surface area contributed by atoms with Crippen molar-refractivity contribution in [2.75, 3.05) is 6.61 Å². The molecule has 0 bridgehead atoms. The minimum absolute atomic E-state index is 0.0665. The summed E-state index contributed by atoms with van der Waals surface area (Å²) in [6.07, 6.45) is -4.57. The topological polar surface area (TPSA) is 73.9 Å². The van der Waals surface area contributed by atoms with Crippen molar-refractivity contribution in [2.45, 2.75) is 31.9 Å². The van der Waals surface area contributed by atoms with Crippen LogP contribution in [0.3, 0.4) is 0 Å². The van der Waals surface area contributed by atoms with Gasteiger partial charge in [-0.05, 0) is 24.6 Å². The number of hydrogen-bond donors (Lipinski definition) is 1. The van der Waals surface area contributed by atoms with Crippen LogP contribution in [0.25, 0.3) is 0 Å². The molecule has 1 N–H and O–H groups in total. The Hall–Kier alpha value is -2.07. The van der Waals surface area contributed by atoms with E-state index in [1.165, 1.54) is 13.0 Å². The van der Waals surface area contributed by atoms with E-state index in [-0.39, 0.29) is 25.2 Å². The average molecular weight is 347 g/mol. The van der Waals surface area contributed by atoms with Gasteiger partial charge in [0.25, 0.3) is 0 Å². The van der Waals surface area contributed by atoms with Crippen molar-refractivity contribution in [2.24, 2.45) is 0 Å². The quantitative estimate of drug-likeness (QED) is 0.615. The van der Waals surface area contributed by atoms with Crippen molar-refractivity contribution < 1.29 is 22.7 Å². The Morgan fingerprint density at radius 2 is 2.13 bits per heavy atom. The molecule has 0 aromatic heterocycles. The van der Waals surface area contributed by atoms with E-state index in [2.05, 4.69) is 0 Å². The van der Waals surface area contributed by atoms with Gasteiger partial charge in [-0.25, -0.2) is 0 Å². The second-order valence-corrected chi connectivity index (χ2v) is 5.29. The number of carbonyl (C=O) groups is 1. The summed E-state index contributed by atoms with van der Waals surface area (Å²) in [6.45, 7) is 1.40. The molecule has 0 spiro atoms. The van der Waals surface area contributed by atoms with Crippen LogP contribution in [0.15, 0.2) is 18.2 Å². The van der Waals surface area contributed by atoms with Crippen molar-refractivity contribution in [1.82, 2.24) is 0 Å². The molecule has 1 rings (SSSR count). The number of benzene rings is 1. The molecule has 0 aliphatic heterocycles. The largest absolute Gasteiger partial charge is 0.465 e. The van der Waals surface area contributed by atoms with Gasteiger partial charge in [-0.3, -0.25) is 4.79 Å². The monoisotopic (exact) mass is 346 g/mol. The number of nitrogens with one attached hydrogen (secondary N) is 1. The maximum atomic E-state index is 12.6. The van der Waals surface area contributed by atoms with Gasteiger partial charge < -0.3 is 10.1 Å². The Bertz CT molecular complexity index is 639. The number of carbonyl (C=O) groups excluding carboxylic acids is 1. The minimum Gasteiger partial charge on any atom is -0.465 e. The average Bonchev–Trinajstić information content (AvgIpc) is 2.41. The fraction of sp³-hybridized carbons (Fsp3) is 0.400. The highest BCUT2D eigenvalue weighted by molar-refractivity contribution is 6.31. The summed E-state index contributed by atoms with van der Waals surface area (Å²) in [5.74, 6) is -1.33. The molecule has 1 aromatic rings. The van der Waals surface area contributed by atoms with E-state index in [9.17, 15) is 18.0 Å². The molecule has 0 heterocycles. The zero-order valence-electron chi connectivity index (χ0n) is 12.2. The van der Waals surface area contributed by atoms with Crippen LogP contribution in [0.5, 0.6) is 0 Å². The van der Waals surface area contributed by atoms with E-state index >= 15 is 0 Å². The van der Waals surface area contributed by atoms with Gasteiger partial charge >= 0.3 is 12.1 Å². The number of nitrogens with zero attached hydrogens (tertiary/aromatic N) is 1. The summed E-state index contributed by atoms with van der Waals surface area (Å²) in [7, 11) is 0. The van der Waals surface area contributed by atoms with E-state index in [4.69, 9.17) is 27.0 Å². The second kappa shape index (κ2) is 7.97. The third-order valence-electron chi connectivity index (χ3n) is 2.94. The van der Waals surface area contributed by atoms with Crippen molar-refractivity contribution >= 4 is 23.3 Å². The number of hydrogen-bond acceptors (Lipinski definition) is 4. The molecule has 124 valence electrons. The normalized spacial score (nSPS) is 12.3. The second-order valence-electron chi connectivity index (χ2n) is 4.88. The number of esters is 1. The Morgan fingerprint density at radius 1 is 1.48 bits per heavy atom. The van der Waals surface area contributed by atoms with Gasteiger partial charge in [-0.2, -0.15) is 18.4 Å². The minimum atomic E-state index is -4.56. The van der Waals surface area contributed by atoms with Gasteiger partial charge in [-0.15, -0.1) is 0 Å². The molecule has 0 fully saturated rings. The van der Waals surface area contributed by atoms with Crippen LogP contribution < -0.4 is 0 Å². The summed E-state index contributed by atoms with van der Waals surface area (Å²) in [5.41, 5.74) is -0.487. The summed E-state index contributed by atoms with van der Waals surface area (Å²) < 4.78 is 42.8. The molecule has 4 nitrogen and oxygen atoms in total.